The molecule has 0 bridgehead atoms. The summed E-state index contributed by atoms with van der Waals surface area (Å²) in [6.45, 7) is 5.48. The summed E-state index contributed by atoms with van der Waals surface area (Å²) < 4.78 is 5.42. The van der Waals surface area contributed by atoms with Gasteiger partial charge in [0.1, 0.15) is 5.75 Å². The van der Waals surface area contributed by atoms with Gasteiger partial charge in [-0.15, -0.1) is 0 Å². The lowest BCUT2D eigenvalue weighted by molar-refractivity contribution is -0.123. The van der Waals surface area contributed by atoms with E-state index < -0.39 is 0 Å². The molecule has 120 valence electrons. The molecule has 0 aromatic heterocycles. The SMILES string of the molecule is CCOc1cccc(CNC(=O)CCNC(=O)C2CC2C)c1. The number of benzene rings is 1. The molecule has 0 saturated heterocycles. The minimum atomic E-state index is -0.0639. The highest BCUT2D eigenvalue weighted by atomic mass is 16.5. The maximum absolute atomic E-state index is 11.8. The van der Waals surface area contributed by atoms with Crippen LogP contribution in [0.25, 0.3) is 0 Å². The van der Waals surface area contributed by atoms with Crippen LogP contribution in [-0.4, -0.2) is 25.0 Å². The van der Waals surface area contributed by atoms with Crippen molar-refractivity contribution >= 4 is 11.8 Å². The quantitative estimate of drug-likeness (QED) is 0.770. The van der Waals surface area contributed by atoms with Crippen molar-refractivity contribution in [3.05, 3.63) is 29.8 Å². The van der Waals surface area contributed by atoms with E-state index in [1.54, 1.807) is 0 Å². The van der Waals surface area contributed by atoms with Gasteiger partial charge in [0.15, 0.2) is 0 Å². The second kappa shape index (κ2) is 7.82. The first-order chi connectivity index (χ1) is 10.6. The predicted octanol–water partition coefficient (Wildman–Crippen LogP) is 1.86. The number of hydrogen-bond acceptors (Lipinski definition) is 3. The molecule has 1 aliphatic carbocycles. The summed E-state index contributed by atoms with van der Waals surface area (Å²) in [6.07, 6.45) is 1.27. The number of amides is 2. The lowest BCUT2D eigenvalue weighted by Crippen LogP contribution is -2.31. The first-order valence-electron chi connectivity index (χ1n) is 7.86. The van der Waals surface area contributed by atoms with Crippen molar-refractivity contribution in [2.75, 3.05) is 13.2 Å². The van der Waals surface area contributed by atoms with E-state index in [0.29, 0.717) is 32.0 Å². The van der Waals surface area contributed by atoms with E-state index >= 15 is 0 Å². The maximum atomic E-state index is 11.8. The van der Waals surface area contributed by atoms with Crippen molar-refractivity contribution in [2.24, 2.45) is 11.8 Å². The Morgan fingerprint density at radius 3 is 2.77 bits per heavy atom. The van der Waals surface area contributed by atoms with Crippen LogP contribution in [0.4, 0.5) is 0 Å². The lowest BCUT2D eigenvalue weighted by Gasteiger charge is -2.08. The Morgan fingerprint density at radius 1 is 1.32 bits per heavy atom. The molecule has 0 radical (unpaired) electrons. The second-order valence-corrected chi connectivity index (χ2v) is 5.72. The molecule has 5 nitrogen and oxygen atoms in total. The van der Waals surface area contributed by atoms with Crippen molar-refractivity contribution in [1.29, 1.82) is 0 Å². The third kappa shape index (κ3) is 5.06. The summed E-state index contributed by atoms with van der Waals surface area (Å²) in [5.74, 6) is 1.46. The van der Waals surface area contributed by atoms with Crippen molar-refractivity contribution in [3.63, 3.8) is 0 Å². The molecule has 22 heavy (non-hydrogen) atoms. The first kappa shape index (κ1) is 16.3. The van der Waals surface area contributed by atoms with Gasteiger partial charge in [-0.25, -0.2) is 0 Å². The molecule has 2 N–H and O–H groups in total. The lowest BCUT2D eigenvalue weighted by atomic mass is 10.2. The fourth-order valence-electron chi connectivity index (χ4n) is 2.32. The van der Waals surface area contributed by atoms with E-state index in [2.05, 4.69) is 17.6 Å². The van der Waals surface area contributed by atoms with Gasteiger partial charge in [0.05, 0.1) is 6.61 Å². The number of carbonyl (C=O) groups is 2. The van der Waals surface area contributed by atoms with E-state index in [9.17, 15) is 9.59 Å². The van der Waals surface area contributed by atoms with Gasteiger partial charge >= 0.3 is 0 Å². The molecule has 5 heteroatoms. The van der Waals surface area contributed by atoms with Crippen molar-refractivity contribution in [3.8, 4) is 5.75 Å². The van der Waals surface area contributed by atoms with Gasteiger partial charge in [-0.3, -0.25) is 9.59 Å². The predicted molar refractivity (Wildman–Crippen MR) is 84.4 cm³/mol. The number of hydrogen-bond donors (Lipinski definition) is 2. The molecule has 0 spiro atoms. The van der Waals surface area contributed by atoms with E-state index in [1.165, 1.54) is 0 Å². The average Bonchev–Trinajstić information content (AvgIpc) is 3.23. The van der Waals surface area contributed by atoms with E-state index in [1.807, 2.05) is 31.2 Å². The number of rotatable bonds is 8. The normalized spacial score (nSPS) is 19.4. The molecule has 1 aliphatic rings. The topological polar surface area (TPSA) is 67.4 Å². The third-order valence-electron chi connectivity index (χ3n) is 3.80. The Morgan fingerprint density at radius 2 is 2.09 bits per heavy atom. The van der Waals surface area contributed by atoms with Crippen LogP contribution in [0.15, 0.2) is 24.3 Å². The molecule has 1 saturated carbocycles. The fraction of sp³-hybridized carbons (Fsp3) is 0.529. The summed E-state index contributed by atoms with van der Waals surface area (Å²) in [6, 6.07) is 7.66. The zero-order chi connectivity index (χ0) is 15.9. The summed E-state index contributed by atoms with van der Waals surface area (Å²) >= 11 is 0. The summed E-state index contributed by atoms with van der Waals surface area (Å²) in [4.78, 5) is 23.4. The number of ether oxygens (including phenoxy) is 1. The van der Waals surface area contributed by atoms with Gasteiger partial charge in [-0.1, -0.05) is 19.1 Å². The molecule has 1 fully saturated rings. The standard InChI is InChI=1S/C17H24N2O3/c1-3-22-14-6-4-5-13(10-14)11-19-16(20)7-8-18-17(21)15-9-12(15)2/h4-6,10,12,15H,3,7-9,11H2,1-2H3,(H,18,21)(H,19,20). The number of nitrogens with one attached hydrogen (secondary N) is 2. The molecule has 2 amide bonds. The van der Waals surface area contributed by atoms with Gasteiger partial charge in [0.25, 0.3) is 0 Å². The summed E-state index contributed by atoms with van der Waals surface area (Å²) in [5.41, 5.74) is 0.996. The van der Waals surface area contributed by atoms with Crippen LogP contribution in [0.3, 0.4) is 0 Å². The highest BCUT2D eigenvalue weighted by Gasteiger charge is 2.38. The summed E-state index contributed by atoms with van der Waals surface area (Å²) in [5, 5.41) is 5.66. The minimum absolute atomic E-state index is 0.0639. The van der Waals surface area contributed by atoms with Crippen LogP contribution >= 0.6 is 0 Å². The Balaban J connectivity index is 1.64. The third-order valence-corrected chi connectivity index (χ3v) is 3.80. The average molecular weight is 304 g/mol. The van der Waals surface area contributed by atoms with Gasteiger partial charge < -0.3 is 15.4 Å². The molecule has 2 atom stereocenters. The fourth-order valence-corrected chi connectivity index (χ4v) is 2.32. The Bertz CT molecular complexity index is 530. The highest BCUT2D eigenvalue weighted by Crippen LogP contribution is 2.37. The van der Waals surface area contributed by atoms with Crippen LogP contribution in [0, 0.1) is 11.8 Å². The molecule has 1 aromatic rings. The largest absolute Gasteiger partial charge is 0.494 e. The van der Waals surface area contributed by atoms with Crippen LogP contribution in [-0.2, 0) is 16.1 Å². The van der Waals surface area contributed by atoms with Crippen molar-refractivity contribution in [1.82, 2.24) is 10.6 Å². The van der Waals surface area contributed by atoms with Gasteiger partial charge in [0, 0.05) is 25.4 Å². The maximum Gasteiger partial charge on any atom is 0.223 e. The van der Waals surface area contributed by atoms with Gasteiger partial charge in [-0.2, -0.15) is 0 Å². The van der Waals surface area contributed by atoms with Gasteiger partial charge in [-0.05, 0) is 37.0 Å². The molecular formula is C17H24N2O3. The van der Waals surface area contributed by atoms with Crippen molar-refractivity contribution < 1.29 is 14.3 Å². The molecule has 2 rings (SSSR count). The van der Waals surface area contributed by atoms with Crippen LogP contribution in [0.5, 0.6) is 5.75 Å². The zero-order valence-electron chi connectivity index (χ0n) is 13.2. The monoisotopic (exact) mass is 304 g/mol. The minimum Gasteiger partial charge on any atom is -0.494 e. The van der Waals surface area contributed by atoms with Crippen LogP contribution < -0.4 is 15.4 Å². The Hall–Kier alpha value is -2.04. The van der Waals surface area contributed by atoms with Crippen LogP contribution in [0.2, 0.25) is 0 Å². The van der Waals surface area contributed by atoms with E-state index in [0.717, 1.165) is 17.7 Å². The molecule has 0 heterocycles. The zero-order valence-corrected chi connectivity index (χ0v) is 13.2. The van der Waals surface area contributed by atoms with Crippen molar-refractivity contribution in [2.45, 2.75) is 33.2 Å². The molecule has 0 aliphatic heterocycles. The molecule has 2 unspecified atom stereocenters. The first-order valence-corrected chi connectivity index (χ1v) is 7.86. The van der Waals surface area contributed by atoms with E-state index in [-0.39, 0.29) is 17.7 Å². The smallest absolute Gasteiger partial charge is 0.223 e. The van der Waals surface area contributed by atoms with Gasteiger partial charge in [0.2, 0.25) is 11.8 Å². The Labute approximate surface area is 131 Å². The van der Waals surface area contributed by atoms with Crippen LogP contribution in [0.1, 0.15) is 32.3 Å². The molecule has 1 aromatic carbocycles. The molecular weight excluding hydrogens is 280 g/mol. The number of carbonyl (C=O) groups excluding carboxylic acids is 2. The Kier molecular flexibility index (Phi) is 5.81. The summed E-state index contributed by atoms with van der Waals surface area (Å²) in [7, 11) is 0. The van der Waals surface area contributed by atoms with E-state index in [4.69, 9.17) is 4.74 Å². The highest BCUT2D eigenvalue weighted by molar-refractivity contribution is 5.82. The second-order valence-electron chi connectivity index (χ2n) is 5.72.